The van der Waals surface area contributed by atoms with Crippen LogP contribution < -0.4 is 25.2 Å². The van der Waals surface area contributed by atoms with Gasteiger partial charge in [0.25, 0.3) is 0 Å². The molecule has 4 rings (SSSR count). The molecule has 1 saturated carbocycles. The second-order valence-corrected chi connectivity index (χ2v) is 9.80. The summed E-state index contributed by atoms with van der Waals surface area (Å²) in [5, 5.41) is 7.46. The van der Waals surface area contributed by atoms with Crippen molar-refractivity contribution in [3.8, 4) is 5.75 Å². The van der Waals surface area contributed by atoms with Crippen molar-refractivity contribution < 1.29 is 9.64 Å². The lowest BCUT2D eigenvalue weighted by molar-refractivity contribution is -0.884. The summed E-state index contributed by atoms with van der Waals surface area (Å²) in [4.78, 5) is 18.1. The molecule has 0 atom stereocenters. The summed E-state index contributed by atoms with van der Waals surface area (Å²) in [5.74, 6) is 2.49. The Balaban J connectivity index is 1.58. The number of likely N-dealkylation sites (tertiary alicyclic amines) is 1. The summed E-state index contributed by atoms with van der Waals surface area (Å²) < 4.78 is 5.27. The highest BCUT2D eigenvalue weighted by Gasteiger charge is 2.26. The Morgan fingerprint density at radius 1 is 1.00 bits per heavy atom. The molecule has 33 heavy (non-hydrogen) atoms. The van der Waals surface area contributed by atoms with Gasteiger partial charge in [0.15, 0.2) is 0 Å². The molecule has 2 aliphatic rings. The highest BCUT2D eigenvalue weighted by Crippen LogP contribution is 2.29. The third-order valence-corrected chi connectivity index (χ3v) is 7.19. The minimum atomic E-state index is 0.406. The molecule has 0 unspecified atom stereocenters. The number of piperidine rings is 1. The van der Waals surface area contributed by atoms with Crippen LogP contribution in [0, 0.1) is 0 Å². The number of benzene rings is 1. The molecule has 2 heterocycles. The average molecular weight is 475 g/mol. The summed E-state index contributed by atoms with van der Waals surface area (Å²) in [6.07, 6.45) is 9.72. The standard InChI is InChI=1S/C24H36ClN7O/c1-31-14-12-19(13-15-31)32(2)24-29-22(26-17-8-6-4-5-7-9-17)28-23(30-24)27-18-10-11-21(33-3)20(25)16-18/h10-11,16-17,19H,4-9,12-15H2,1-3H3,(H2,26,27,28,29,30)/p+1. The summed E-state index contributed by atoms with van der Waals surface area (Å²) in [6, 6.07) is 6.42. The molecule has 1 aromatic heterocycles. The number of halogens is 1. The number of hydrogen-bond donors (Lipinski definition) is 3. The van der Waals surface area contributed by atoms with Gasteiger partial charge in [0, 0.05) is 37.7 Å². The van der Waals surface area contributed by atoms with E-state index < -0.39 is 0 Å². The highest BCUT2D eigenvalue weighted by atomic mass is 35.5. The molecule has 1 aromatic carbocycles. The summed E-state index contributed by atoms with van der Waals surface area (Å²) in [6.45, 7) is 2.34. The van der Waals surface area contributed by atoms with Gasteiger partial charge in [0.2, 0.25) is 17.8 Å². The lowest BCUT2D eigenvalue weighted by Crippen LogP contribution is -3.10. The SMILES string of the molecule is COc1ccc(Nc2nc(NC3CCCCCC3)nc(N(C)C3CC[NH+](C)CC3)n2)cc1Cl. The second-order valence-electron chi connectivity index (χ2n) is 9.39. The van der Waals surface area contributed by atoms with Gasteiger partial charge in [0.1, 0.15) is 5.75 Å². The van der Waals surface area contributed by atoms with Crippen molar-refractivity contribution >= 4 is 35.1 Å². The zero-order chi connectivity index (χ0) is 23.2. The maximum atomic E-state index is 6.33. The average Bonchev–Trinajstić information content (AvgIpc) is 3.08. The molecule has 1 aliphatic carbocycles. The van der Waals surface area contributed by atoms with Gasteiger partial charge in [-0.15, -0.1) is 0 Å². The van der Waals surface area contributed by atoms with Crippen molar-refractivity contribution in [2.24, 2.45) is 0 Å². The van der Waals surface area contributed by atoms with Gasteiger partial charge in [-0.25, -0.2) is 0 Å². The van der Waals surface area contributed by atoms with Gasteiger partial charge in [-0.05, 0) is 31.0 Å². The van der Waals surface area contributed by atoms with Crippen LogP contribution in [0.2, 0.25) is 5.02 Å². The lowest BCUT2D eigenvalue weighted by atomic mass is 10.0. The molecule has 8 nitrogen and oxygen atoms in total. The number of nitrogens with zero attached hydrogens (tertiary/aromatic N) is 4. The summed E-state index contributed by atoms with van der Waals surface area (Å²) in [7, 11) is 5.97. The molecule has 180 valence electrons. The van der Waals surface area contributed by atoms with Crippen LogP contribution in [0.1, 0.15) is 51.4 Å². The Labute approximate surface area is 202 Å². The van der Waals surface area contributed by atoms with Crippen molar-refractivity contribution in [2.75, 3.05) is 49.8 Å². The second kappa shape index (κ2) is 11.2. The molecule has 3 N–H and O–H groups in total. The van der Waals surface area contributed by atoms with Crippen molar-refractivity contribution in [1.29, 1.82) is 0 Å². The Hall–Kier alpha value is -2.32. The third kappa shape index (κ3) is 6.38. The number of aromatic nitrogens is 3. The van der Waals surface area contributed by atoms with E-state index in [1.54, 1.807) is 12.0 Å². The van der Waals surface area contributed by atoms with E-state index in [9.17, 15) is 0 Å². The number of rotatable bonds is 7. The van der Waals surface area contributed by atoms with E-state index in [4.69, 9.17) is 31.3 Å². The molecule has 0 amide bonds. The first-order valence-electron chi connectivity index (χ1n) is 12.2. The number of quaternary nitrogens is 1. The Morgan fingerprint density at radius 2 is 1.70 bits per heavy atom. The zero-order valence-electron chi connectivity index (χ0n) is 20.0. The zero-order valence-corrected chi connectivity index (χ0v) is 20.8. The summed E-state index contributed by atoms with van der Waals surface area (Å²) in [5.41, 5.74) is 0.809. The van der Waals surface area contributed by atoms with Crippen molar-refractivity contribution in [3.63, 3.8) is 0 Å². The molecular formula is C24H37ClN7O+. The van der Waals surface area contributed by atoms with Crippen molar-refractivity contribution in [1.82, 2.24) is 15.0 Å². The van der Waals surface area contributed by atoms with E-state index in [0.717, 1.165) is 31.4 Å². The fourth-order valence-corrected chi connectivity index (χ4v) is 5.03. The number of methoxy groups -OCH3 is 1. The first-order valence-corrected chi connectivity index (χ1v) is 12.6. The number of anilines is 4. The van der Waals surface area contributed by atoms with Crippen LogP contribution in [0.4, 0.5) is 23.5 Å². The quantitative estimate of drug-likeness (QED) is 0.530. The van der Waals surface area contributed by atoms with Crippen molar-refractivity contribution in [2.45, 2.75) is 63.5 Å². The molecule has 1 aliphatic heterocycles. The lowest BCUT2D eigenvalue weighted by Gasteiger charge is -2.33. The van der Waals surface area contributed by atoms with E-state index in [-0.39, 0.29) is 0 Å². The molecule has 2 fully saturated rings. The third-order valence-electron chi connectivity index (χ3n) is 6.89. The first-order chi connectivity index (χ1) is 16.0. The van der Waals surface area contributed by atoms with Crippen LogP contribution in [-0.2, 0) is 0 Å². The Morgan fingerprint density at radius 3 is 2.36 bits per heavy atom. The van der Waals surface area contributed by atoms with Crippen LogP contribution in [0.25, 0.3) is 0 Å². The predicted octanol–water partition coefficient (Wildman–Crippen LogP) is 3.53. The van der Waals surface area contributed by atoms with Gasteiger partial charge in [-0.2, -0.15) is 15.0 Å². The topological polar surface area (TPSA) is 79.6 Å². The van der Waals surface area contributed by atoms with Crippen LogP contribution in [0.5, 0.6) is 5.75 Å². The maximum Gasteiger partial charge on any atom is 0.233 e. The maximum absolute atomic E-state index is 6.33. The molecule has 2 aromatic rings. The Bertz CT molecular complexity index is 912. The Kier molecular flexibility index (Phi) is 8.09. The van der Waals surface area contributed by atoms with Gasteiger partial charge in [0.05, 0.1) is 32.3 Å². The fourth-order valence-electron chi connectivity index (χ4n) is 4.77. The van der Waals surface area contributed by atoms with Gasteiger partial charge < -0.3 is 25.2 Å². The molecule has 0 radical (unpaired) electrons. The van der Waals surface area contributed by atoms with Crippen LogP contribution >= 0.6 is 11.6 Å². The minimum Gasteiger partial charge on any atom is -0.495 e. The van der Waals surface area contributed by atoms with Crippen LogP contribution in [0.3, 0.4) is 0 Å². The van der Waals surface area contributed by atoms with Crippen LogP contribution in [0.15, 0.2) is 18.2 Å². The minimum absolute atomic E-state index is 0.406. The molecule has 9 heteroatoms. The highest BCUT2D eigenvalue weighted by molar-refractivity contribution is 6.32. The van der Waals surface area contributed by atoms with Crippen molar-refractivity contribution in [3.05, 3.63) is 23.2 Å². The molecule has 1 saturated heterocycles. The fraction of sp³-hybridized carbons (Fsp3) is 0.625. The predicted molar refractivity (Wildman–Crippen MR) is 134 cm³/mol. The van der Waals surface area contributed by atoms with E-state index in [2.05, 4.69) is 29.6 Å². The van der Waals surface area contributed by atoms with E-state index in [0.29, 0.717) is 40.7 Å². The molecule has 0 bridgehead atoms. The largest absolute Gasteiger partial charge is 0.495 e. The first kappa shape index (κ1) is 23.8. The number of hydrogen-bond acceptors (Lipinski definition) is 7. The van der Waals surface area contributed by atoms with E-state index in [1.165, 1.54) is 38.8 Å². The molecule has 0 spiro atoms. The monoisotopic (exact) mass is 474 g/mol. The van der Waals surface area contributed by atoms with E-state index >= 15 is 0 Å². The normalized spacial score (nSPS) is 21.8. The number of ether oxygens (including phenoxy) is 1. The smallest absolute Gasteiger partial charge is 0.233 e. The van der Waals surface area contributed by atoms with Gasteiger partial charge in [-0.3, -0.25) is 0 Å². The van der Waals surface area contributed by atoms with Gasteiger partial charge >= 0.3 is 0 Å². The molecular weight excluding hydrogens is 438 g/mol. The number of nitrogens with one attached hydrogen (secondary N) is 3. The van der Waals surface area contributed by atoms with Crippen LogP contribution in [-0.4, -0.2) is 61.3 Å². The van der Waals surface area contributed by atoms with E-state index in [1.807, 2.05) is 18.2 Å². The summed E-state index contributed by atoms with van der Waals surface area (Å²) >= 11 is 6.33. The van der Waals surface area contributed by atoms with Gasteiger partial charge in [-0.1, -0.05) is 37.3 Å².